The highest BCUT2D eigenvalue weighted by Crippen LogP contribution is 2.25. The van der Waals surface area contributed by atoms with Crippen molar-refractivity contribution < 1.29 is 13.2 Å². The number of hydrogen-bond acceptors (Lipinski definition) is 5. The first-order valence-corrected chi connectivity index (χ1v) is 13.1. The molecule has 1 N–H and O–H groups in total. The number of halogens is 1. The van der Waals surface area contributed by atoms with Crippen molar-refractivity contribution in [1.29, 1.82) is 0 Å². The highest BCUT2D eigenvalue weighted by Gasteiger charge is 2.27. The lowest BCUT2D eigenvalue weighted by Crippen LogP contribution is -2.39. The Labute approximate surface area is 209 Å². The lowest BCUT2D eigenvalue weighted by atomic mass is 10.2. The molecule has 3 aromatic carbocycles. The molecule has 0 unspecified atom stereocenters. The Bertz CT molecular complexity index is 1210. The van der Waals surface area contributed by atoms with Crippen LogP contribution in [0.1, 0.15) is 19.4 Å². The fraction of sp³-hybridized carbons (Fsp3) is 0.200. The summed E-state index contributed by atoms with van der Waals surface area (Å²) in [6, 6.07) is 22.6. The number of amides is 1. The van der Waals surface area contributed by atoms with E-state index in [4.69, 9.17) is 0 Å². The van der Waals surface area contributed by atoms with E-state index in [0.717, 1.165) is 33.1 Å². The number of nitrogens with one attached hydrogen (secondary N) is 1. The molecule has 0 aliphatic rings. The van der Waals surface area contributed by atoms with Gasteiger partial charge in [0.25, 0.3) is 15.9 Å². The van der Waals surface area contributed by atoms with Gasteiger partial charge in [-0.2, -0.15) is 5.10 Å². The molecular weight excluding hydrogens is 516 g/mol. The van der Waals surface area contributed by atoms with Gasteiger partial charge in [0.05, 0.1) is 16.8 Å². The van der Waals surface area contributed by atoms with E-state index in [1.54, 1.807) is 42.5 Å². The molecule has 0 aromatic heterocycles. The molecule has 0 spiro atoms. The summed E-state index contributed by atoms with van der Waals surface area (Å²) in [6.45, 7) is 5.62. The zero-order valence-corrected chi connectivity index (χ0v) is 21.5. The van der Waals surface area contributed by atoms with E-state index in [2.05, 4.69) is 45.2 Å². The number of benzene rings is 3. The van der Waals surface area contributed by atoms with Crippen LogP contribution in [-0.4, -0.2) is 40.2 Å². The summed E-state index contributed by atoms with van der Waals surface area (Å²) < 4.78 is 28.4. The summed E-state index contributed by atoms with van der Waals surface area (Å²) in [6.07, 6.45) is 1.53. The van der Waals surface area contributed by atoms with Crippen LogP contribution in [0.3, 0.4) is 0 Å². The minimum atomic E-state index is -3.96. The number of anilines is 2. The van der Waals surface area contributed by atoms with E-state index in [1.807, 2.05) is 24.3 Å². The maximum atomic E-state index is 13.3. The van der Waals surface area contributed by atoms with Gasteiger partial charge in [0.1, 0.15) is 6.54 Å². The number of nitrogens with zero attached hydrogens (tertiary/aromatic N) is 3. The average molecular weight is 543 g/mol. The number of hydrogen-bond donors (Lipinski definition) is 1. The van der Waals surface area contributed by atoms with E-state index in [-0.39, 0.29) is 4.90 Å². The van der Waals surface area contributed by atoms with Crippen molar-refractivity contribution in [3.05, 3.63) is 88.9 Å². The lowest BCUT2D eigenvalue weighted by Gasteiger charge is -2.23. The number of rotatable bonds is 10. The molecule has 0 fully saturated rings. The smallest absolute Gasteiger partial charge is 0.264 e. The monoisotopic (exact) mass is 542 g/mol. The Balaban J connectivity index is 1.74. The summed E-state index contributed by atoms with van der Waals surface area (Å²) in [5.74, 6) is -0.557. The van der Waals surface area contributed by atoms with E-state index < -0.39 is 22.5 Å². The fourth-order valence-electron chi connectivity index (χ4n) is 3.35. The minimum Gasteiger partial charge on any atom is -0.372 e. The number of carbonyl (C=O) groups excluding carboxylic acids is 1. The third-order valence-corrected chi connectivity index (χ3v) is 7.47. The first-order chi connectivity index (χ1) is 16.3. The number of carbonyl (C=O) groups is 1. The molecule has 3 aromatic rings. The molecular formula is C25H27BrN4O3S. The van der Waals surface area contributed by atoms with Gasteiger partial charge in [0.15, 0.2) is 0 Å². The second kappa shape index (κ2) is 11.8. The molecule has 0 aliphatic carbocycles. The highest BCUT2D eigenvalue weighted by molar-refractivity contribution is 9.10. The van der Waals surface area contributed by atoms with Crippen molar-refractivity contribution in [3.63, 3.8) is 0 Å². The summed E-state index contributed by atoms with van der Waals surface area (Å²) in [7, 11) is -3.96. The Morgan fingerprint density at radius 2 is 1.50 bits per heavy atom. The van der Waals surface area contributed by atoms with Crippen molar-refractivity contribution in [1.82, 2.24) is 5.43 Å². The van der Waals surface area contributed by atoms with Gasteiger partial charge in [0.2, 0.25) is 0 Å². The molecule has 0 bridgehead atoms. The molecule has 0 heterocycles. The molecule has 0 atom stereocenters. The van der Waals surface area contributed by atoms with Crippen LogP contribution in [0.15, 0.2) is 93.3 Å². The van der Waals surface area contributed by atoms with Gasteiger partial charge in [0, 0.05) is 23.2 Å². The van der Waals surface area contributed by atoms with Crippen LogP contribution in [0.25, 0.3) is 0 Å². The Hall–Kier alpha value is -3.17. The first kappa shape index (κ1) is 25.5. The fourth-order valence-corrected chi connectivity index (χ4v) is 5.05. The highest BCUT2D eigenvalue weighted by atomic mass is 79.9. The second-order valence-electron chi connectivity index (χ2n) is 7.36. The van der Waals surface area contributed by atoms with Gasteiger partial charge >= 0.3 is 0 Å². The van der Waals surface area contributed by atoms with E-state index >= 15 is 0 Å². The Morgan fingerprint density at radius 3 is 2.09 bits per heavy atom. The minimum absolute atomic E-state index is 0.0995. The van der Waals surface area contributed by atoms with Gasteiger partial charge < -0.3 is 4.90 Å². The molecule has 3 rings (SSSR count). The standard InChI is InChI=1S/C25H27BrN4O3S/c1-3-29(4-2)22-14-10-20(11-15-22)18-27-28-25(31)19-30(23-16-12-21(26)13-17-23)34(32,33)24-8-6-5-7-9-24/h5-18H,3-4,19H2,1-2H3,(H,28,31). The molecule has 7 nitrogen and oxygen atoms in total. The Morgan fingerprint density at radius 1 is 0.912 bits per heavy atom. The van der Waals surface area contributed by atoms with Crippen molar-refractivity contribution in [2.75, 3.05) is 28.8 Å². The van der Waals surface area contributed by atoms with Crippen LogP contribution >= 0.6 is 15.9 Å². The third kappa shape index (κ3) is 6.45. The topological polar surface area (TPSA) is 82.1 Å². The predicted molar refractivity (Wildman–Crippen MR) is 141 cm³/mol. The van der Waals surface area contributed by atoms with Crippen LogP contribution < -0.4 is 14.6 Å². The zero-order valence-electron chi connectivity index (χ0n) is 19.1. The van der Waals surface area contributed by atoms with Crippen molar-refractivity contribution in [3.8, 4) is 0 Å². The van der Waals surface area contributed by atoms with Crippen LogP contribution in [0.2, 0.25) is 0 Å². The molecule has 0 aliphatic heterocycles. The summed E-state index contributed by atoms with van der Waals surface area (Å²) in [4.78, 5) is 15.0. The summed E-state index contributed by atoms with van der Waals surface area (Å²) in [5, 5.41) is 4.00. The van der Waals surface area contributed by atoms with E-state index in [9.17, 15) is 13.2 Å². The van der Waals surface area contributed by atoms with Gasteiger partial charge in [-0.05, 0) is 67.9 Å². The van der Waals surface area contributed by atoms with Gasteiger partial charge in [-0.25, -0.2) is 13.8 Å². The molecule has 0 saturated heterocycles. The maximum absolute atomic E-state index is 13.3. The molecule has 178 valence electrons. The Kier molecular flexibility index (Phi) is 8.84. The van der Waals surface area contributed by atoms with Crippen LogP contribution in [0.4, 0.5) is 11.4 Å². The average Bonchev–Trinajstić information content (AvgIpc) is 2.85. The van der Waals surface area contributed by atoms with Crippen LogP contribution in [0, 0.1) is 0 Å². The molecule has 0 radical (unpaired) electrons. The quantitative estimate of drug-likeness (QED) is 0.299. The summed E-state index contributed by atoms with van der Waals surface area (Å²) in [5.41, 5.74) is 4.73. The molecule has 34 heavy (non-hydrogen) atoms. The number of hydrazone groups is 1. The van der Waals surface area contributed by atoms with E-state index in [1.165, 1.54) is 18.3 Å². The van der Waals surface area contributed by atoms with Crippen LogP contribution in [0.5, 0.6) is 0 Å². The van der Waals surface area contributed by atoms with Gasteiger partial charge in [-0.1, -0.05) is 46.3 Å². The lowest BCUT2D eigenvalue weighted by molar-refractivity contribution is -0.119. The number of sulfonamides is 1. The normalized spacial score (nSPS) is 11.4. The second-order valence-corrected chi connectivity index (χ2v) is 10.1. The third-order valence-electron chi connectivity index (χ3n) is 5.16. The van der Waals surface area contributed by atoms with Gasteiger partial charge in [-0.15, -0.1) is 0 Å². The SMILES string of the molecule is CCN(CC)c1ccc(C=NNC(=O)CN(c2ccc(Br)cc2)S(=O)(=O)c2ccccc2)cc1. The molecule has 9 heteroatoms. The molecule has 1 amide bonds. The summed E-state index contributed by atoms with van der Waals surface area (Å²) >= 11 is 3.35. The van der Waals surface area contributed by atoms with Crippen molar-refractivity contribution in [2.24, 2.45) is 5.10 Å². The van der Waals surface area contributed by atoms with E-state index in [0.29, 0.717) is 5.69 Å². The van der Waals surface area contributed by atoms with Crippen molar-refractivity contribution >= 4 is 49.4 Å². The first-order valence-electron chi connectivity index (χ1n) is 10.9. The predicted octanol–water partition coefficient (Wildman–Crippen LogP) is 4.64. The van der Waals surface area contributed by atoms with Crippen molar-refractivity contribution in [2.45, 2.75) is 18.7 Å². The largest absolute Gasteiger partial charge is 0.372 e. The maximum Gasteiger partial charge on any atom is 0.264 e. The molecule has 0 saturated carbocycles. The van der Waals surface area contributed by atoms with Gasteiger partial charge in [-0.3, -0.25) is 9.10 Å². The zero-order chi connectivity index (χ0) is 24.6. The van der Waals surface area contributed by atoms with Crippen LogP contribution in [-0.2, 0) is 14.8 Å².